The Kier molecular flexibility index (Phi) is 2.58. The Labute approximate surface area is 94.9 Å². The molecule has 2 rings (SSSR count). The molecule has 1 aromatic carbocycles. The van der Waals surface area contributed by atoms with Gasteiger partial charge in [0.05, 0.1) is 11.3 Å². The average molecular weight is 221 g/mol. The second kappa shape index (κ2) is 3.75. The van der Waals surface area contributed by atoms with Crippen molar-refractivity contribution in [2.75, 3.05) is 11.9 Å². The molecular formula is C12H13ClN2. The van der Waals surface area contributed by atoms with Crippen LogP contribution < -0.4 is 5.32 Å². The van der Waals surface area contributed by atoms with Crippen molar-refractivity contribution in [3.05, 3.63) is 28.8 Å². The van der Waals surface area contributed by atoms with Crippen LogP contribution in [0.4, 0.5) is 5.69 Å². The lowest BCUT2D eigenvalue weighted by Crippen LogP contribution is -2.12. The van der Waals surface area contributed by atoms with E-state index in [1.54, 1.807) is 12.1 Å². The third-order valence-electron chi connectivity index (χ3n) is 2.91. The number of halogens is 1. The van der Waals surface area contributed by atoms with Crippen molar-refractivity contribution in [1.29, 1.82) is 5.26 Å². The second-order valence-electron chi connectivity index (χ2n) is 4.47. The summed E-state index contributed by atoms with van der Waals surface area (Å²) in [7, 11) is 0. The van der Waals surface area contributed by atoms with Gasteiger partial charge in [0.15, 0.2) is 0 Å². The van der Waals surface area contributed by atoms with Gasteiger partial charge in [0, 0.05) is 11.6 Å². The first kappa shape index (κ1) is 10.3. The van der Waals surface area contributed by atoms with Gasteiger partial charge < -0.3 is 5.32 Å². The third kappa shape index (κ3) is 2.43. The van der Waals surface area contributed by atoms with Crippen LogP contribution in [0.2, 0.25) is 5.02 Å². The van der Waals surface area contributed by atoms with Gasteiger partial charge >= 0.3 is 0 Å². The average Bonchev–Trinajstić information content (AvgIpc) is 2.95. The molecule has 15 heavy (non-hydrogen) atoms. The summed E-state index contributed by atoms with van der Waals surface area (Å²) in [6, 6.07) is 7.51. The van der Waals surface area contributed by atoms with Gasteiger partial charge in [-0.05, 0) is 36.5 Å². The molecule has 0 heterocycles. The molecule has 0 radical (unpaired) electrons. The first-order chi connectivity index (χ1) is 7.13. The van der Waals surface area contributed by atoms with Gasteiger partial charge in [-0.2, -0.15) is 5.26 Å². The first-order valence-electron chi connectivity index (χ1n) is 5.06. The number of anilines is 1. The highest BCUT2D eigenvalue weighted by Crippen LogP contribution is 2.44. The van der Waals surface area contributed by atoms with Crippen molar-refractivity contribution >= 4 is 17.3 Å². The molecule has 0 spiro atoms. The number of benzene rings is 1. The predicted molar refractivity (Wildman–Crippen MR) is 62.0 cm³/mol. The number of rotatable bonds is 3. The maximum Gasteiger partial charge on any atom is 0.101 e. The lowest BCUT2D eigenvalue weighted by molar-refractivity contribution is 0.610. The SMILES string of the molecule is CC1(CNc2ccc(Cl)cc2C#N)CC1. The van der Waals surface area contributed by atoms with E-state index in [0.29, 0.717) is 16.0 Å². The van der Waals surface area contributed by atoms with Crippen LogP contribution in [0.15, 0.2) is 18.2 Å². The fourth-order valence-electron chi connectivity index (χ4n) is 1.46. The number of nitriles is 1. The Morgan fingerprint density at radius 2 is 2.27 bits per heavy atom. The largest absolute Gasteiger partial charge is 0.383 e. The summed E-state index contributed by atoms with van der Waals surface area (Å²) in [5.74, 6) is 0. The number of nitrogens with one attached hydrogen (secondary N) is 1. The van der Waals surface area contributed by atoms with E-state index in [1.807, 2.05) is 6.07 Å². The molecule has 3 heteroatoms. The zero-order valence-corrected chi connectivity index (χ0v) is 9.43. The molecule has 0 bridgehead atoms. The lowest BCUT2D eigenvalue weighted by Gasteiger charge is -2.12. The van der Waals surface area contributed by atoms with Crippen molar-refractivity contribution in [2.45, 2.75) is 19.8 Å². The maximum absolute atomic E-state index is 8.94. The van der Waals surface area contributed by atoms with Crippen LogP contribution in [-0.2, 0) is 0 Å². The van der Waals surface area contributed by atoms with Crippen molar-refractivity contribution < 1.29 is 0 Å². The molecule has 0 aliphatic heterocycles. The van der Waals surface area contributed by atoms with Crippen LogP contribution >= 0.6 is 11.6 Å². The second-order valence-corrected chi connectivity index (χ2v) is 4.90. The molecule has 1 saturated carbocycles. The Morgan fingerprint density at radius 3 is 2.87 bits per heavy atom. The van der Waals surface area contributed by atoms with Gasteiger partial charge in [0.2, 0.25) is 0 Å². The Bertz CT molecular complexity index is 416. The highest BCUT2D eigenvalue weighted by Gasteiger charge is 2.36. The van der Waals surface area contributed by atoms with Crippen molar-refractivity contribution in [3.8, 4) is 6.07 Å². The Balaban J connectivity index is 2.10. The molecule has 2 nitrogen and oxygen atoms in total. The molecule has 0 unspecified atom stereocenters. The molecule has 1 aliphatic rings. The summed E-state index contributed by atoms with van der Waals surface area (Å²) in [6.07, 6.45) is 2.55. The van der Waals surface area contributed by atoms with E-state index in [9.17, 15) is 0 Å². The molecule has 0 aromatic heterocycles. The van der Waals surface area contributed by atoms with Crippen LogP contribution in [0, 0.1) is 16.7 Å². The van der Waals surface area contributed by atoms with E-state index in [2.05, 4.69) is 18.3 Å². The highest BCUT2D eigenvalue weighted by molar-refractivity contribution is 6.30. The standard InChI is InChI=1S/C12H13ClN2/c1-12(4-5-12)8-15-11-3-2-10(13)6-9(11)7-14/h2-3,6,15H,4-5,8H2,1H3. The summed E-state index contributed by atoms with van der Waals surface area (Å²) in [4.78, 5) is 0. The minimum absolute atomic E-state index is 0.437. The van der Waals surface area contributed by atoms with Gasteiger partial charge in [-0.3, -0.25) is 0 Å². The molecule has 78 valence electrons. The lowest BCUT2D eigenvalue weighted by atomic mass is 10.1. The highest BCUT2D eigenvalue weighted by atomic mass is 35.5. The number of nitrogens with zero attached hydrogens (tertiary/aromatic N) is 1. The zero-order chi connectivity index (χ0) is 10.9. The zero-order valence-electron chi connectivity index (χ0n) is 8.68. The van der Waals surface area contributed by atoms with E-state index in [1.165, 1.54) is 12.8 Å². The summed E-state index contributed by atoms with van der Waals surface area (Å²) < 4.78 is 0. The molecule has 1 aliphatic carbocycles. The molecule has 0 atom stereocenters. The van der Waals surface area contributed by atoms with Crippen LogP contribution in [0.25, 0.3) is 0 Å². The Hall–Kier alpha value is -1.20. The maximum atomic E-state index is 8.94. The quantitative estimate of drug-likeness (QED) is 0.847. The molecule has 1 N–H and O–H groups in total. The van der Waals surface area contributed by atoms with Gasteiger partial charge in [-0.1, -0.05) is 18.5 Å². The van der Waals surface area contributed by atoms with E-state index in [0.717, 1.165) is 12.2 Å². The normalized spacial score (nSPS) is 16.9. The molecular weight excluding hydrogens is 208 g/mol. The minimum atomic E-state index is 0.437. The number of hydrogen-bond donors (Lipinski definition) is 1. The Morgan fingerprint density at radius 1 is 1.53 bits per heavy atom. The van der Waals surface area contributed by atoms with Crippen LogP contribution in [0.1, 0.15) is 25.3 Å². The van der Waals surface area contributed by atoms with E-state index >= 15 is 0 Å². The van der Waals surface area contributed by atoms with Crippen molar-refractivity contribution in [2.24, 2.45) is 5.41 Å². The minimum Gasteiger partial charge on any atom is -0.383 e. The van der Waals surface area contributed by atoms with Gasteiger partial charge in [0.25, 0.3) is 0 Å². The fourth-order valence-corrected chi connectivity index (χ4v) is 1.63. The summed E-state index contributed by atoms with van der Waals surface area (Å²) in [5, 5.41) is 12.9. The molecule has 0 saturated heterocycles. The smallest absolute Gasteiger partial charge is 0.101 e. The van der Waals surface area contributed by atoms with E-state index in [4.69, 9.17) is 16.9 Å². The van der Waals surface area contributed by atoms with Crippen LogP contribution in [0.3, 0.4) is 0 Å². The monoisotopic (exact) mass is 220 g/mol. The number of hydrogen-bond acceptors (Lipinski definition) is 2. The van der Waals surface area contributed by atoms with Crippen LogP contribution in [-0.4, -0.2) is 6.54 Å². The summed E-state index contributed by atoms with van der Waals surface area (Å²) in [5.41, 5.74) is 1.94. The van der Waals surface area contributed by atoms with Crippen LogP contribution in [0.5, 0.6) is 0 Å². The summed E-state index contributed by atoms with van der Waals surface area (Å²) in [6.45, 7) is 3.19. The third-order valence-corrected chi connectivity index (χ3v) is 3.15. The topological polar surface area (TPSA) is 35.8 Å². The predicted octanol–water partition coefficient (Wildman–Crippen LogP) is 3.42. The fraction of sp³-hybridized carbons (Fsp3) is 0.417. The first-order valence-corrected chi connectivity index (χ1v) is 5.44. The molecule has 0 amide bonds. The van der Waals surface area contributed by atoms with Crippen molar-refractivity contribution in [3.63, 3.8) is 0 Å². The van der Waals surface area contributed by atoms with E-state index in [-0.39, 0.29) is 0 Å². The summed E-state index contributed by atoms with van der Waals surface area (Å²) >= 11 is 5.82. The van der Waals surface area contributed by atoms with E-state index < -0.39 is 0 Å². The van der Waals surface area contributed by atoms with Gasteiger partial charge in [-0.25, -0.2) is 0 Å². The molecule has 1 fully saturated rings. The van der Waals surface area contributed by atoms with Gasteiger partial charge in [-0.15, -0.1) is 0 Å². The van der Waals surface area contributed by atoms with Crippen molar-refractivity contribution in [1.82, 2.24) is 0 Å². The van der Waals surface area contributed by atoms with Gasteiger partial charge in [0.1, 0.15) is 6.07 Å². The molecule has 1 aromatic rings.